The van der Waals surface area contributed by atoms with Crippen LogP contribution < -0.4 is 10.6 Å². The van der Waals surface area contributed by atoms with Crippen molar-refractivity contribution in [2.24, 2.45) is 17.8 Å². The highest BCUT2D eigenvalue weighted by atomic mass is 16.4. The molecule has 0 rings (SSSR count). The maximum absolute atomic E-state index is 12.4. The number of amides is 2. The summed E-state index contributed by atoms with van der Waals surface area (Å²) in [4.78, 5) is 35.3. The van der Waals surface area contributed by atoms with Crippen LogP contribution in [-0.4, -0.2) is 57.4 Å². The quantitative estimate of drug-likeness (QED) is 0.315. The number of aliphatic carboxylic acids is 1. The number of hydrogen-bond donors (Lipinski definition) is 5. The summed E-state index contributed by atoms with van der Waals surface area (Å²) in [6, 6.07) is -1.59. The first-order valence-electron chi connectivity index (χ1n) is 10.0. The highest BCUT2D eigenvalue weighted by Gasteiger charge is 2.27. The fraction of sp³-hybridized carbons (Fsp3) is 0.850. The average Bonchev–Trinajstić information content (AvgIpc) is 2.51. The van der Waals surface area contributed by atoms with Crippen LogP contribution in [0.2, 0.25) is 0 Å². The fourth-order valence-electron chi connectivity index (χ4n) is 3.11. The number of carboxylic acids is 1. The van der Waals surface area contributed by atoms with Crippen molar-refractivity contribution in [3.8, 4) is 0 Å². The van der Waals surface area contributed by atoms with Crippen molar-refractivity contribution < 1.29 is 29.7 Å². The van der Waals surface area contributed by atoms with Gasteiger partial charge in [-0.15, -0.1) is 0 Å². The zero-order valence-corrected chi connectivity index (χ0v) is 17.9. The summed E-state index contributed by atoms with van der Waals surface area (Å²) >= 11 is 0. The van der Waals surface area contributed by atoms with Crippen molar-refractivity contribution in [2.45, 2.75) is 91.5 Å². The third kappa shape index (κ3) is 11.2. The topological polar surface area (TPSA) is 136 Å². The van der Waals surface area contributed by atoms with Crippen LogP contribution in [0.15, 0.2) is 0 Å². The molecule has 0 saturated heterocycles. The molecule has 0 bridgehead atoms. The summed E-state index contributed by atoms with van der Waals surface area (Å²) in [5.41, 5.74) is 0. The van der Waals surface area contributed by atoms with Crippen LogP contribution in [0.4, 0.5) is 0 Å². The van der Waals surface area contributed by atoms with Gasteiger partial charge in [0.1, 0.15) is 6.04 Å². The summed E-state index contributed by atoms with van der Waals surface area (Å²) in [5, 5.41) is 34.3. The maximum Gasteiger partial charge on any atom is 0.306 e. The fourth-order valence-corrected chi connectivity index (χ4v) is 3.11. The molecule has 2 unspecified atom stereocenters. The van der Waals surface area contributed by atoms with Gasteiger partial charge in [-0.2, -0.15) is 0 Å². The molecule has 0 heterocycles. The van der Waals surface area contributed by atoms with Crippen molar-refractivity contribution in [3.05, 3.63) is 0 Å². The molecule has 164 valence electrons. The Morgan fingerprint density at radius 3 is 1.79 bits per heavy atom. The predicted molar refractivity (Wildman–Crippen MR) is 106 cm³/mol. The number of carbonyl (C=O) groups excluding carboxylic acids is 2. The van der Waals surface area contributed by atoms with Crippen molar-refractivity contribution >= 4 is 17.8 Å². The molecule has 5 N–H and O–H groups in total. The minimum Gasteiger partial charge on any atom is -0.481 e. The molecule has 28 heavy (non-hydrogen) atoms. The van der Waals surface area contributed by atoms with Crippen LogP contribution in [0.5, 0.6) is 0 Å². The van der Waals surface area contributed by atoms with Gasteiger partial charge in [-0.1, -0.05) is 34.6 Å². The molecule has 0 aliphatic heterocycles. The molecule has 0 aromatic rings. The molecule has 0 radical (unpaired) electrons. The molecule has 0 aliphatic carbocycles. The predicted octanol–water partition coefficient (Wildman–Crippen LogP) is 1.29. The molecule has 8 heteroatoms. The number of hydrogen-bond acceptors (Lipinski definition) is 5. The number of nitrogens with one attached hydrogen (secondary N) is 2. The van der Waals surface area contributed by atoms with Gasteiger partial charge in [-0.25, -0.2) is 0 Å². The number of carboxylic acid groups (broad SMARTS) is 1. The van der Waals surface area contributed by atoms with E-state index in [9.17, 15) is 24.6 Å². The molecule has 0 aromatic carbocycles. The highest BCUT2D eigenvalue weighted by Crippen LogP contribution is 2.17. The van der Waals surface area contributed by atoms with Gasteiger partial charge in [0.25, 0.3) is 0 Å². The Morgan fingerprint density at radius 1 is 0.786 bits per heavy atom. The Balaban J connectivity index is 4.71. The van der Waals surface area contributed by atoms with Gasteiger partial charge >= 0.3 is 5.97 Å². The van der Waals surface area contributed by atoms with Gasteiger partial charge in [0.2, 0.25) is 11.8 Å². The van der Waals surface area contributed by atoms with E-state index in [0.717, 1.165) is 6.42 Å². The summed E-state index contributed by atoms with van der Waals surface area (Å²) < 4.78 is 0. The third-order valence-corrected chi connectivity index (χ3v) is 4.57. The normalized spacial score (nSPS) is 16.9. The van der Waals surface area contributed by atoms with Crippen LogP contribution >= 0.6 is 0 Å². The first kappa shape index (κ1) is 26.3. The lowest BCUT2D eigenvalue weighted by atomic mass is 9.92. The summed E-state index contributed by atoms with van der Waals surface area (Å²) in [6.45, 7) is 11.3. The molecule has 5 atom stereocenters. The smallest absolute Gasteiger partial charge is 0.306 e. The van der Waals surface area contributed by atoms with E-state index in [1.807, 2.05) is 34.6 Å². The van der Waals surface area contributed by atoms with Crippen LogP contribution in [0.1, 0.15) is 67.2 Å². The minimum atomic E-state index is -1.22. The Morgan fingerprint density at radius 2 is 1.32 bits per heavy atom. The van der Waals surface area contributed by atoms with Crippen LogP contribution in [0.25, 0.3) is 0 Å². The summed E-state index contributed by atoms with van der Waals surface area (Å²) in [7, 11) is 0. The van der Waals surface area contributed by atoms with Crippen LogP contribution in [-0.2, 0) is 14.4 Å². The van der Waals surface area contributed by atoms with Gasteiger partial charge in [0, 0.05) is 0 Å². The molecular weight excluding hydrogens is 364 g/mol. The van der Waals surface area contributed by atoms with Gasteiger partial charge in [-0.05, 0) is 37.5 Å². The third-order valence-electron chi connectivity index (χ3n) is 4.57. The maximum atomic E-state index is 12.4. The van der Waals surface area contributed by atoms with Crippen molar-refractivity contribution in [3.63, 3.8) is 0 Å². The second-order valence-electron chi connectivity index (χ2n) is 8.58. The van der Waals surface area contributed by atoms with Crippen molar-refractivity contribution in [1.29, 1.82) is 0 Å². The zero-order valence-electron chi connectivity index (χ0n) is 17.9. The van der Waals surface area contributed by atoms with Crippen LogP contribution in [0.3, 0.4) is 0 Å². The van der Waals surface area contributed by atoms with E-state index in [-0.39, 0.29) is 18.3 Å². The largest absolute Gasteiger partial charge is 0.481 e. The van der Waals surface area contributed by atoms with E-state index in [2.05, 4.69) is 10.6 Å². The summed E-state index contributed by atoms with van der Waals surface area (Å²) in [6.07, 6.45) is -1.37. The highest BCUT2D eigenvalue weighted by molar-refractivity contribution is 5.87. The van der Waals surface area contributed by atoms with Gasteiger partial charge < -0.3 is 26.0 Å². The van der Waals surface area contributed by atoms with E-state index in [1.165, 1.54) is 6.92 Å². The lowest BCUT2D eigenvalue weighted by Crippen LogP contribution is -2.52. The first-order chi connectivity index (χ1) is 12.8. The number of aliphatic hydroxyl groups is 2. The molecule has 2 amide bonds. The molecule has 0 aromatic heterocycles. The van der Waals surface area contributed by atoms with E-state index in [0.29, 0.717) is 12.3 Å². The van der Waals surface area contributed by atoms with Gasteiger partial charge in [0.15, 0.2) is 0 Å². The van der Waals surface area contributed by atoms with Gasteiger partial charge in [-0.3, -0.25) is 14.4 Å². The number of rotatable bonds is 13. The Hall–Kier alpha value is -1.67. The van der Waals surface area contributed by atoms with Crippen molar-refractivity contribution in [2.75, 3.05) is 0 Å². The van der Waals surface area contributed by atoms with E-state index in [1.54, 1.807) is 0 Å². The zero-order chi connectivity index (χ0) is 22.0. The molecule has 8 nitrogen and oxygen atoms in total. The number of carbonyl (C=O) groups is 3. The lowest BCUT2D eigenvalue weighted by molar-refractivity contribution is -0.140. The standard InChI is InChI=1S/C20H38N2O6/c1-11(2)7-13(5)16(23)9-18(25)21-14(6)20(28)22-15(8-12(3)4)17(24)10-19(26)27/h11-17,23-24H,7-10H2,1-6H3,(H,21,25)(H,22,28)(H,26,27)/t13?,14-,15?,16-,17-/m0/s1. The van der Waals surface area contributed by atoms with Gasteiger partial charge in [0.05, 0.1) is 31.1 Å². The van der Waals surface area contributed by atoms with E-state index in [4.69, 9.17) is 5.11 Å². The molecule has 0 spiro atoms. The lowest BCUT2D eigenvalue weighted by Gasteiger charge is -2.27. The minimum absolute atomic E-state index is 0.0310. The second kappa shape index (κ2) is 12.7. The first-order valence-corrected chi connectivity index (χ1v) is 10.0. The monoisotopic (exact) mass is 402 g/mol. The Labute approximate surface area is 168 Å². The summed E-state index contributed by atoms with van der Waals surface area (Å²) in [5.74, 6) is -1.58. The van der Waals surface area contributed by atoms with Crippen molar-refractivity contribution in [1.82, 2.24) is 10.6 Å². The van der Waals surface area contributed by atoms with Crippen LogP contribution in [0, 0.1) is 17.8 Å². The average molecular weight is 403 g/mol. The van der Waals surface area contributed by atoms with E-state index < -0.39 is 48.5 Å². The molecule has 0 fully saturated rings. The molecular formula is C20H38N2O6. The van der Waals surface area contributed by atoms with E-state index >= 15 is 0 Å². The second-order valence-corrected chi connectivity index (χ2v) is 8.58. The molecule has 0 aliphatic rings. The SMILES string of the molecule is CC(C)CC(C)[C@@H](O)CC(=O)N[C@@H](C)C(=O)NC(CC(C)C)[C@@H](O)CC(=O)O. The molecule has 0 saturated carbocycles. The number of aliphatic hydroxyl groups excluding tert-OH is 2. The Bertz CT molecular complexity index is 509. The Kier molecular flexibility index (Phi) is 12.0.